The Balaban J connectivity index is 2.86. The average molecular weight is 212 g/mol. The van der Waals surface area contributed by atoms with Crippen LogP contribution in [-0.2, 0) is 0 Å². The van der Waals surface area contributed by atoms with E-state index in [1.807, 2.05) is 13.8 Å². The third-order valence-electron chi connectivity index (χ3n) is 2.03. The molecule has 6 heteroatoms. The zero-order valence-corrected chi connectivity index (χ0v) is 8.60. The second kappa shape index (κ2) is 4.59. The highest BCUT2D eigenvalue weighted by molar-refractivity contribution is 5.91. The number of amides is 1. The number of carbonyl (C=O) groups is 1. The molecule has 0 unspecified atom stereocenters. The minimum absolute atomic E-state index is 0.00500. The van der Waals surface area contributed by atoms with Gasteiger partial charge in [0.05, 0.1) is 6.07 Å². The van der Waals surface area contributed by atoms with Gasteiger partial charge in [0.25, 0.3) is 5.91 Å². The summed E-state index contributed by atoms with van der Waals surface area (Å²) in [5, 5.41) is 10.3. The van der Waals surface area contributed by atoms with Crippen LogP contribution in [0.2, 0.25) is 0 Å². The molecule has 6 nitrogen and oxygen atoms in total. The van der Waals surface area contributed by atoms with E-state index in [0.29, 0.717) is 13.1 Å². The van der Waals surface area contributed by atoms with Crippen molar-refractivity contribution >= 4 is 11.8 Å². The Hall–Kier alpha value is -1.85. The molecule has 0 bridgehead atoms. The van der Waals surface area contributed by atoms with Gasteiger partial charge in [-0.2, -0.15) is 0 Å². The lowest BCUT2D eigenvalue weighted by molar-refractivity contribution is -0.402. The molecule has 1 amide bonds. The molecule has 0 aliphatic rings. The lowest BCUT2D eigenvalue weighted by Gasteiger charge is -2.16. The number of nitrogens with zero attached hydrogens (tertiary/aromatic N) is 2. The highest BCUT2D eigenvalue weighted by Gasteiger charge is 2.20. The summed E-state index contributed by atoms with van der Waals surface area (Å²) >= 11 is 0. The maximum absolute atomic E-state index is 11.7. The summed E-state index contributed by atoms with van der Waals surface area (Å²) in [7, 11) is 0. The van der Waals surface area contributed by atoms with Crippen LogP contribution in [0.5, 0.6) is 0 Å². The molecule has 0 aromatic carbocycles. The molecule has 0 saturated heterocycles. The quantitative estimate of drug-likeness (QED) is 0.561. The van der Waals surface area contributed by atoms with Crippen molar-refractivity contribution in [3.8, 4) is 0 Å². The lowest BCUT2D eigenvalue weighted by atomic mass is 10.3. The molecule has 0 radical (unpaired) electrons. The molecule has 0 atom stereocenters. The summed E-state index contributed by atoms with van der Waals surface area (Å²) in [6, 6.07) is 2.50. The summed E-state index contributed by atoms with van der Waals surface area (Å²) in [6.07, 6.45) is 0. The fourth-order valence-corrected chi connectivity index (χ4v) is 1.21. The van der Waals surface area contributed by atoms with E-state index in [4.69, 9.17) is 4.42 Å². The van der Waals surface area contributed by atoms with Crippen LogP contribution < -0.4 is 0 Å². The first-order valence-corrected chi connectivity index (χ1v) is 4.63. The molecular weight excluding hydrogens is 200 g/mol. The molecule has 1 heterocycles. The predicted molar refractivity (Wildman–Crippen MR) is 52.6 cm³/mol. The molecule has 0 saturated carbocycles. The van der Waals surface area contributed by atoms with Crippen molar-refractivity contribution < 1.29 is 14.1 Å². The maximum atomic E-state index is 11.7. The first-order valence-electron chi connectivity index (χ1n) is 4.63. The summed E-state index contributed by atoms with van der Waals surface area (Å²) < 4.78 is 4.80. The van der Waals surface area contributed by atoms with Crippen LogP contribution in [0, 0.1) is 10.1 Å². The van der Waals surface area contributed by atoms with Gasteiger partial charge in [0.1, 0.15) is 4.92 Å². The van der Waals surface area contributed by atoms with E-state index in [-0.39, 0.29) is 11.7 Å². The van der Waals surface area contributed by atoms with Crippen LogP contribution in [0.25, 0.3) is 0 Å². The number of rotatable bonds is 4. The van der Waals surface area contributed by atoms with Crippen molar-refractivity contribution in [2.45, 2.75) is 13.8 Å². The Bertz CT molecular complexity index is 368. The lowest BCUT2D eigenvalue weighted by Crippen LogP contribution is -2.30. The Morgan fingerprint density at radius 3 is 2.47 bits per heavy atom. The molecule has 0 aliphatic carbocycles. The van der Waals surface area contributed by atoms with Crippen LogP contribution in [-0.4, -0.2) is 28.8 Å². The summed E-state index contributed by atoms with van der Waals surface area (Å²) in [6.45, 7) is 4.76. The van der Waals surface area contributed by atoms with Gasteiger partial charge in [-0.25, -0.2) is 0 Å². The molecule has 1 rings (SSSR count). The van der Waals surface area contributed by atoms with Crippen LogP contribution in [0.4, 0.5) is 5.88 Å². The molecular formula is C9H12N2O4. The van der Waals surface area contributed by atoms with E-state index in [1.165, 1.54) is 17.0 Å². The van der Waals surface area contributed by atoms with Gasteiger partial charge in [0, 0.05) is 13.1 Å². The first kappa shape index (κ1) is 11.2. The first-order chi connectivity index (χ1) is 7.10. The van der Waals surface area contributed by atoms with E-state index >= 15 is 0 Å². The standard InChI is InChI=1S/C9H12N2O4/c1-3-10(4-2)9(12)7-5-6-8(15-7)11(13)14/h5-6H,3-4H2,1-2H3. The molecule has 82 valence electrons. The highest BCUT2D eigenvalue weighted by Crippen LogP contribution is 2.16. The summed E-state index contributed by atoms with van der Waals surface area (Å²) in [4.78, 5) is 22.8. The van der Waals surface area contributed by atoms with Gasteiger partial charge < -0.3 is 9.32 Å². The number of furan rings is 1. The van der Waals surface area contributed by atoms with Gasteiger partial charge in [-0.3, -0.25) is 14.9 Å². The fourth-order valence-electron chi connectivity index (χ4n) is 1.21. The molecule has 0 aliphatic heterocycles. The Morgan fingerprint density at radius 1 is 1.47 bits per heavy atom. The second-order valence-corrected chi connectivity index (χ2v) is 2.87. The fraction of sp³-hybridized carbons (Fsp3) is 0.444. The zero-order chi connectivity index (χ0) is 11.4. The summed E-state index contributed by atoms with van der Waals surface area (Å²) in [5.74, 6) is -0.732. The smallest absolute Gasteiger partial charge is 0.395 e. The van der Waals surface area contributed by atoms with Gasteiger partial charge in [-0.1, -0.05) is 0 Å². The predicted octanol–water partition coefficient (Wildman–Crippen LogP) is 1.67. The SMILES string of the molecule is CCN(CC)C(=O)c1ccc([N+](=O)[O-])o1. The highest BCUT2D eigenvalue weighted by atomic mass is 16.6. The minimum Gasteiger partial charge on any atom is -0.395 e. The van der Waals surface area contributed by atoms with Gasteiger partial charge >= 0.3 is 5.88 Å². The molecule has 0 spiro atoms. The van der Waals surface area contributed by atoms with Crippen molar-refractivity contribution in [1.82, 2.24) is 4.90 Å². The van der Waals surface area contributed by atoms with Gasteiger partial charge in [-0.05, 0) is 19.9 Å². The Morgan fingerprint density at radius 2 is 2.07 bits per heavy atom. The maximum Gasteiger partial charge on any atom is 0.433 e. The average Bonchev–Trinajstić information content (AvgIpc) is 2.68. The van der Waals surface area contributed by atoms with Gasteiger partial charge in [0.15, 0.2) is 5.76 Å². The van der Waals surface area contributed by atoms with E-state index in [2.05, 4.69) is 0 Å². The minimum atomic E-state index is -0.668. The van der Waals surface area contributed by atoms with Crippen LogP contribution >= 0.6 is 0 Å². The monoisotopic (exact) mass is 212 g/mol. The van der Waals surface area contributed by atoms with Crippen molar-refractivity contribution in [3.05, 3.63) is 28.0 Å². The Labute approximate surface area is 86.6 Å². The second-order valence-electron chi connectivity index (χ2n) is 2.87. The van der Waals surface area contributed by atoms with E-state index in [9.17, 15) is 14.9 Å². The number of hydrogen-bond donors (Lipinski definition) is 0. The van der Waals surface area contributed by atoms with E-state index < -0.39 is 10.8 Å². The number of carbonyl (C=O) groups excluding carboxylic acids is 1. The summed E-state index contributed by atoms with van der Waals surface area (Å²) in [5.41, 5.74) is 0. The molecule has 0 fully saturated rings. The molecule has 15 heavy (non-hydrogen) atoms. The van der Waals surface area contributed by atoms with Gasteiger partial charge in [0.2, 0.25) is 0 Å². The third kappa shape index (κ3) is 2.34. The molecule has 1 aromatic heterocycles. The molecule has 0 N–H and O–H groups in total. The third-order valence-corrected chi connectivity index (χ3v) is 2.03. The van der Waals surface area contributed by atoms with E-state index in [1.54, 1.807) is 0 Å². The van der Waals surface area contributed by atoms with Crippen molar-refractivity contribution in [2.75, 3.05) is 13.1 Å². The van der Waals surface area contributed by atoms with Crippen LogP contribution in [0.3, 0.4) is 0 Å². The Kier molecular flexibility index (Phi) is 3.43. The topological polar surface area (TPSA) is 76.6 Å². The van der Waals surface area contributed by atoms with Crippen molar-refractivity contribution in [3.63, 3.8) is 0 Å². The normalized spacial score (nSPS) is 10.0. The van der Waals surface area contributed by atoms with Crippen molar-refractivity contribution in [1.29, 1.82) is 0 Å². The van der Waals surface area contributed by atoms with Crippen LogP contribution in [0.1, 0.15) is 24.4 Å². The van der Waals surface area contributed by atoms with E-state index in [0.717, 1.165) is 0 Å². The number of nitro groups is 1. The van der Waals surface area contributed by atoms with Crippen molar-refractivity contribution in [2.24, 2.45) is 0 Å². The number of hydrogen-bond acceptors (Lipinski definition) is 4. The zero-order valence-electron chi connectivity index (χ0n) is 8.60. The van der Waals surface area contributed by atoms with Gasteiger partial charge in [-0.15, -0.1) is 0 Å². The molecule has 1 aromatic rings. The van der Waals surface area contributed by atoms with Crippen LogP contribution in [0.15, 0.2) is 16.5 Å². The largest absolute Gasteiger partial charge is 0.433 e.